The molecule has 0 spiro atoms. The van der Waals surface area contributed by atoms with Crippen LogP contribution in [0.3, 0.4) is 0 Å². The molecule has 0 saturated carbocycles. The molecule has 22 aromatic rings. The third kappa shape index (κ3) is 12.0. The molecule has 0 fully saturated rings. The van der Waals surface area contributed by atoms with Crippen LogP contribution in [0.1, 0.15) is 0 Å². The number of phenols is 6. The standard InChI is InChI=1S/C72H48N12O6/c85-67-55-7-1-13-61(67)79-37-49-26-20-44(32-74-49)56-8-2-15-63(68(56)86)81-39-51-28-22-46(34-76-51)58-10-4-17-65(70(58)88)83-41-53-30-24-48(36-78-53)60-12-6-18-66(72(60)90)84-42-54-29-23-47(35-77-54)59-11-5-16-64(71(59)89)82-40-52-27-21-45(33-75-52)57-9-3-14-62(69(57)87)80-38-50-25-19-43(55)31-73-50/h1-42,85-90H. The molecule has 6 aromatic carbocycles. The Morgan fingerprint density at radius 2 is 0.311 bits per heavy atom. The molecule has 0 radical (unpaired) electrons. The Labute approximate surface area is 509 Å². The van der Waals surface area contributed by atoms with Gasteiger partial charge in [-0.25, -0.2) is 0 Å². The van der Waals surface area contributed by atoms with E-state index >= 15 is 0 Å². The summed E-state index contributed by atoms with van der Waals surface area (Å²) in [6.45, 7) is 0. The Kier molecular flexibility index (Phi) is 15.6. The fourth-order valence-corrected chi connectivity index (χ4v) is 9.87. The molecule has 0 saturated heterocycles. The largest absolute Gasteiger partial charge is 0.505 e. The second-order valence-electron chi connectivity index (χ2n) is 20.4. The van der Waals surface area contributed by atoms with Gasteiger partial charge in [0, 0.05) is 102 Å². The highest BCUT2D eigenvalue weighted by molar-refractivity contribution is 5.97. The number of nitrogens with zero attached hydrogens (tertiary/aromatic N) is 12. The summed E-state index contributed by atoms with van der Waals surface area (Å²) in [4.78, 5) is 54.6. The molecule has 432 valence electrons. The van der Waals surface area contributed by atoms with E-state index in [9.17, 15) is 30.6 Å². The average Bonchev–Trinajstić information content (AvgIpc) is 2.90. The monoisotopic (exact) mass is 1180 g/mol. The van der Waals surface area contributed by atoms with E-state index in [4.69, 9.17) is 0 Å². The van der Waals surface area contributed by atoms with Crippen molar-refractivity contribution < 1.29 is 30.6 Å². The van der Waals surface area contributed by atoms with Crippen molar-refractivity contribution in [1.82, 2.24) is 59.8 Å². The number of phenolic OH excluding ortho intramolecular Hbond substituents is 6. The summed E-state index contributed by atoms with van der Waals surface area (Å²) in [7, 11) is 0. The van der Waals surface area contributed by atoms with E-state index in [0.29, 0.717) is 131 Å². The predicted octanol–water partition coefficient (Wildman–Crippen LogP) is 14.9. The van der Waals surface area contributed by atoms with Crippen molar-refractivity contribution >= 4 is 131 Å². The maximum absolute atomic E-state index is 11.4. The summed E-state index contributed by atoms with van der Waals surface area (Å²) in [6.07, 6.45) is 18.9. The lowest BCUT2D eigenvalue weighted by molar-refractivity contribution is 0.485. The Hall–Kier alpha value is -13.0. The summed E-state index contributed by atoms with van der Waals surface area (Å²) < 4.78 is 0. The van der Waals surface area contributed by atoms with Crippen molar-refractivity contribution in [3.8, 4) is 34.5 Å². The van der Waals surface area contributed by atoms with Crippen molar-refractivity contribution in [2.45, 2.75) is 0 Å². The number of para-hydroxylation sites is 6. The first-order valence-electron chi connectivity index (χ1n) is 28.0. The molecular formula is C72H48N12O6. The second-order valence-corrected chi connectivity index (χ2v) is 20.4. The van der Waals surface area contributed by atoms with Crippen LogP contribution in [-0.4, -0.2) is 90.4 Å². The minimum absolute atomic E-state index is 0.0523. The molecule has 0 atom stereocenters. The predicted molar refractivity (Wildman–Crippen MR) is 352 cm³/mol. The van der Waals surface area contributed by atoms with Crippen LogP contribution in [0.25, 0.3) is 131 Å². The number of benzene rings is 6. The Balaban J connectivity index is 0.884. The quantitative estimate of drug-likeness (QED) is 0.0823. The lowest BCUT2D eigenvalue weighted by Gasteiger charge is -2.00. The van der Waals surface area contributed by atoms with Gasteiger partial charge in [0.2, 0.25) is 0 Å². The molecule has 18 nitrogen and oxygen atoms in total. The Morgan fingerprint density at radius 1 is 0.156 bits per heavy atom. The van der Waals surface area contributed by atoms with Crippen LogP contribution >= 0.6 is 0 Å². The normalized spacial score (nSPS) is 10.9. The summed E-state index contributed by atoms with van der Waals surface area (Å²) in [5.74, 6) is -0.314. The van der Waals surface area contributed by atoms with Gasteiger partial charge in [-0.3, -0.25) is 59.8 Å². The smallest absolute Gasteiger partial charge is 0.149 e. The van der Waals surface area contributed by atoms with Crippen LogP contribution < -0.4 is 0 Å². The zero-order chi connectivity index (χ0) is 61.5. The highest BCUT2D eigenvalue weighted by atomic mass is 16.3. The van der Waals surface area contributed by atoms with Crippen LogP contribution in [0.4, 0.5) is 0 Å². The number of aromatic hydroxyl groups is 6. The highest BCUT2D eigenvalue weighted by Crippen LogP contribution is 2.32. The molecule has 90 heavy (non-hydrogen) atoms. The molecule has 24 bridgehead atoms. The number of rotatable bonds is 0. The van der Waals surface area contributed by atoms with Gasteiger partial charge in [0.05, 0.1) is 70.3 Å². The van der Waals surface area contributed by atoms with Gasteiger partial charge >= 0.3 is 0 Å². The van der Waals surface area contributed by atoms with Crippen molar-refractivity contribution in [3.63, 3.8) is 0 Å². The SMILES string of the molecule is Oc1c2cccc1c1ccc(cnc3cccc(c3O)c3ccc(cnc4cccc(c4O)c4ccc(cnc5cccc(c5O)c5ccc(cnc6cccc(c6O)c6ccc(cnc7cccc(c7O)c7ccc(cn2)nc7)nc6)nc5)nc4)nc3)nc1. The molecule has 22 rings (SSSR count). The van der Waals surface area contributed by atoms with Crippen LogP contribution in [0, 0.1) is 0 Å². The third-order valence-corrected chi connectivity index (χ3v) is 14.7. The van der Waals surface area contributed by atoms with Crippen LogP contribution in [-0.2, 0) is 0 Å². The van der Waals surface area contributed by atoms with E-state index < -0.39 is 0 Å². The minimum atomic E-state index is -0.0523. The number of hydrogen-bond donors (Lipinski definition) is 6. The second kappa shape index (κ2) is 24.9. The molecule has 16 aromatic heterocycles. The molecule has 16 heterocycles. The first kappa shape index (κ1) is 56.2. The van der Waals surface area contributed by atoms with Gasteiger partial charge in [-0.05, 0) is 72.8 Å². The van der Waals surface area contributed by atoms with Crippen molar-refractivity contribution in [2.75, 3.05) is 0 Å². The van der Waals surface area contributed by atoms with Crippen molar-refractivity contribution in [2.24, 2.45) is 0 Å². The topological polar surface area (TPSA) is 276 Å². The van der Waals surface area contributed by atoms with Gasteiger partial charge in [-0.15, -0.1) is 0 Å². The van der Waals surface area contributed by atoms with E-state index in [1.54, 1.807) is 219 Å². The van der Waals surface area contributed by atoms with E-state index in [-0.39, 0.29) is 34.5 Å². The molecule has 0 aliphatic rings. The van der Waals surface area contributed by atoms with Gasteiger partial charge in [0.1, 0.15) is 67.6 Å². The van der Waals surface area contributed by atoms with E-state index in [0.717, 1.165) is 0 Å². The zero-order valence-electron chi connectivity index (χ0n) is 47.3. The highest BCUT2D eigenvalue weighted by Gasteiger charge is 2.08. The lowest BCUT2D eigenvalue weighted by Crippen LogP contribution is -1.81. The third-order valence-electron chi connectivity index (χ3n) is 14.7. The summed E-state index contributed by atoms with van der Waals surface area (Å²) in [6, 6.07) is 52.7. The van der Waals surface area contributed by atoms with E-state index in [1.807, 2.05) is 0 Å². The van der Waals surface area contributed by atoms with Crippen LogP contribution in [0.5, 0.6) is 34.5 Å². The summed E-state index contributed by atoms with van der Waals surface area (Å²) >= 11 is 0. The number of pyridine rings is 6. The number of hydrogen-bond acceptors (Lipinski definition) is 18. The van der Waals surface area contributed by atoms with Crippen LogP contribution in [0.2, 0.25) is 0 Å². The zero-order valence-corrected chi connectivity index (χ0v) is 47.3. The van der Waals surface area contributed by atoms with Gasteiger partial charge in [0.25, 0.3) is 0 Å². The average molecular weight is 1180 g/mol. The Bertz CT molecular complexity index is 4680. The molecule has 6 N–H and O–H groups in total. The van der Waals surface area contributed by atoms with Gasteiger partial charge in [0.15, 0.2) is 0 Å². The maximum Gasteiger partial charge on any atom is 0.149 e. The molecule has 18 heteroatoms. The van der Waals surface area contributed by atoms with Gasteiger partial charge in [-0.1, -0.05) is 109 Å². The van der Waals surface area contributed by atoms with Gasteiger partial charge in [-0.2, -0.15) is 0 Å². The first-order chi connectivity index (χ1) is 44.1. The fraction of sp³-hybridized carbons (Fsp3) is 0. The molecule has 0 unspecified atom stereocenters. The van der Waals surface area contributed by atoms with Gasteiger partial charge < -0.3 is 30.6 Å². The molecular weight excluding hydrogens is 1130 g/mol. The van der Waals surface area contributed by atoms with Crippen molar-refractivity contribution in [3.05, 3.63) is 256 Å². The lowest BCUT2D eigenvalue weighted by atomic mass is 10.1. The molecule has 0 aliphatic heterocycles. The minimum Gasteiger partial charge on any atom is -0.505 e. The van der Waals surface area contributed by atoms with Crippen LogP contribution in [0.15, 0.2) is 256 Å². The summed E-state index contributed by atoms with van der Waals surface area (Å²) in [5, 5.41) is 75.1. The number of aromatic nitrogens is 12. The van der Waals surface area contributed by atoms with E-state index in [1.165, 1.54) is 37.2 Å². The Morgan fingerprint density at radius 3 is 0.444 bits per heavy atom. The molecule has 0 amide bonds. The molecule has 0 aliphatic carbocycles. The summed E-state index contributed by atoms with van der Waals surface area (Å²) in [5.41, 5.74) is 4.93. The van der Waals surface area contributed by atoms with E-state index in [2.05, 4.69) is 59.8 Å². The fourth-order valence-electron chi connectivity index (χ4n) is 9.87. The van der Waals surface area contributed by atoms with Crippen molar-refractivity contribution in [1.29, 1.82) is 0 Å². The maximum atomic E-state index is 11.4. The first-order valence-corrected chi connectivity index (χ1v) is 28.0.